The highest BCUT2D eigenvalue weighted by Gasteiger charge is 2.28. The maximum atomic E-state index is 4.36. The van der Waals surface area contributed by atoms with Crippen LogP contribution in [0.1, 0.15) is 51.9 Å². The van der Waals surface area contributed by atoms with Gasteiger partial charge in [0.2, 0.25) is 0 Å². The molecule has 1 fully saturated rings. The third-order valence-electron chi connectivity index (χ3n) is 4.90. The maximum absolute atomic E-state index is 4.36. The molecule has 2 heterocycles. The Morgan fingerprint density at radius 3 is 2.95 bits per heavy atom. The minimum absolute atomic E-state index is 0.227. The van der Waals surface area contributed by atoms with Crippen LogP contribution in [-0.2, 0) is 0 Å². The normalized spacial score (nSPS) is 28.6. The van der Waals surface area contributed by atoms with Gasteiger partial charge in [-0.1, -0.05) is 32.8 Å². The molecule has 4 unspecified atom stereocenters. The second-order valence-corrected chi connectivity index (χ2v) is 6.25. The van der Waals surface area contributed by atoms with E-state index in [1.165, 1.54) is 19.3 Å². The third kappa shape index (κ3) is 2.44. The van der Waals surface area contributed by atoms with Gasteiger partial charge in [-0.2, -0.15) is 0 Å². The van der Waals surface area contributed by atoms with Crippen LogP contribution >= 0.6 is 0 Å². The highest BCUT2D eigenvalue weighted by Crippen LogP contribution is 2.30. The van der Waals surface area contributed by atoms with E-state index in [0.29, 0.717) is 6.04 Å². The summed E-state index contributed by atoms with van der Waals surface area (Å²) in [5, 5.41) is 12.4. The Morgan fingerprint density at radius 1 is 1.25 bits per heavy atom. The van der Waals surface area contributed by atoms with E-state index in [4.69, 9.17) is 0 Å². The zero-order valence-corrected chi connectivity index (χ0v) is 12.6. The van der Waals surface area contributed by atoms with Crippen molar-refractivity contribution in [1.29, 1.82) is 0 Å². The van der Waals surface area contributed by atoms with Crippen molar-refractivity contribution in [3.05, 3.63) is 30.2 Å². The standard InChI is InChI=1S/C16H24N4/c1-11-7-6-8-14(12(11)2)17-13(3)16-19-18-15-9-4-5-10-20(15)16/h4-5,9-14,17H,6-8H2,1-3H3. The first-order valence-electron chi connectivity index (χ1n) is 7.72. The lowest BCUT2D eigenvalue weighted by molar-refractivity contribution is 0.194. The van der Waals surface area contributed by atoms with Crippen LogP contribution in [0, 0.1) is 11.8 Å². The smallest absolute Gasteiger partial charge is 0.160 e. The van der Waals surface area contributed by atoms with Gasteiger partial charge in [-0.3, -0.25) is 4.40 Å². The number of fused-ring (bicyclic) bond motifs is 1. The lowest BCUT2D eigenvalue weighted by atomic mass is 9.78. The predicted molar refractivity (Wildman–Crippen MR) is 80.5 cm³/mol. The molecule has 0 amide bonds. The van der Waals surface area contributed by atoms with Crippen LogP contribution in [0.5, 0.6) is 0 Å². The molecule has 0 bridgehead atoms. The summed E-state index contributed by atoms with van der Waals surface area (Å²) < 4.78 is 2.08. The minimum Gasteiger partial charge on any atom is -0.304 e. The third-order valence-corrected chi connectivity index (χ3v) is 4.90. The molecule has 108 valence electrons. The molecule has 1 aliphatic carbocycles. The molecule has 1 N–H and O–H groups in total. The van der Waals surface area contributed by atoms with E-state index in [9.17, 15) is 0 Å². The fraction of sp³-hybridized carbons (Fsp3) is 0.625. The molecule has 1 saturated carbocycles. The molecule has 4 nitrogen and oxygen atoms in total. The van der Waals surface area contributed by atoms with Gasteiger partial charge in [-0.25, -0.2) is 0 Å². The molecular weight excluding hydrogens is 248 g/mol. The van der Waals surface area contributed by atoms with Crippen molar-refractivity contribution in [2.45, 2.75) is 52.1 Å². The topological polar surface area (TPSA) is 42.2 Å². The van der Waals surface area contributed by atoms with Crippen LogP contribution < -0.4 is 5.32 Å². The van der Waals surface area contributed by atoms with E-state index in [1.54, 1.807) is 0 Å². The van der Waals surface area contributed by atoms with Gasteiger partial charge in [0.25, 0.3) is 0 Å². The number of aromatic nitrogens is 3. The molecule has 4 heteroatoms. The van der Waals surface area contributed by atoms with Crippen molar-refractivity contribution in [3.63, 3.8) is 0 Å². The van der Waals surface area contributed by atoms with E-state index in [-0.39, 0.29) is 6.04 Å². The molecule has 0 aromatic carbocycles. The molecule has 4 atom stereocenters. The Balaban J connectivity index is 1.77. The van der Waals surface area contributed by atoms with Crippen molar-refractivity contribution < 1.29 is 0 Å². The van der Waals surface area contributed by atoms with Gasteiger partial charge in [-0.15, -0.1) is 10.2 Å². The second-order valence-electron chi connectivity index (χ2n) is 6.25. The Hall–Kier alpha value is -1.42. The first-order valence-corrected chi connectivity index (χ1v) is 7.72. The molecule has 20 heavy (non-hydrogen) atoms. The van der Waals surface area contributed by atoms with Crippen molar-refractivity contribution >= 4 is 5.65 Å². The van der Waals surface area contributed by atoms with Gasteiger partial charge in [0.05, 0.1) is 6.04 Å². The zero-order valence-electron chi connectivity index (χ0n) is 12.6. The molecule has 0 spiro atoms. The van der Waals surface area contributed by atoms with E-state index in [1.807, 2.05) is 24.4 Å². The van der Waals surface area contributed by atoms with Crippen LogP contribution in [-0.4, -0.2) is 20.6 Å². The first-order chi connectivity index (χ1) is 9.66. The highest BCUT2D eigenvalue weighted by molar-refractivity contribution is 5.37. The van der Waals surface area contributed by atoms with Crippen LogP contribution in [0.2, 0.25) is 0 Å². The van der Waals surface area contributed by atoms with E-state index in [0.717, 1.165) is 23.3 Å². The van der Waals surface area contributed by atoms with Crippen molar-refractivity contribution in [2.75, 3.05) is 0 Å². The number of nitrogens with one attached hydrogen (secondary N) is 1. The molecule has 0 saturated heterocycles. The largest absolute Gasteiger partial charge is 0.304 e. The molecule has 0 radical (unpaired) electrons. The summed E-state index contributed by atoms with van der Waals surface area (Å²) in [6, 6.07) is 6.83. The zero-order chi connectivity index (χ0) is 14.1. The lowest BCUT2D eigenvalue weighted by Gasteiger charge is -2.36. The van der Waals surface area contributed by atoms with E-state index < -0.39 is 0 Å². The minimum atomic E-state index is 0.227. The SMILES string of the molecule is CC(NC1CCCC(C)C1C)c1nnc2ccccn12. The van der Waals surface area contributed by atoms with Crippen LogP contribution in [0.15, 0.2) is 24.4 Å². The van der Waals surface area contributed by atoms with Crippen LogP contribution in [0.4, 0.5) is 0 Å². The maximum Gasteiger partial charge on any atom is 0.160 e. The van der Waals surface area contributed by atoms with Gasteiger partial charge in [0.1, 0.15) is 0 Å². The fourth-order valence-corrected chi connectivity index (χ4v) is 3.37. The molecular formula is C16H24N4. The Kier molecular flexibility index (Phi) is 3.74. The van der Waals surface area contributed by atoms with Crippen LogP contribution in [0.25, 0.3) is 5.65 Å². The summed E-state index contributed by atoms with van der Waals surface area (Å²) in [7, 11) is 0. The highest BCUT2D eigenvalue weighted by atomic mass is 15.3. The molecule has 0 aliphatic heterocycles. The quantitative estimate of drug-likeness (QED) is 0.933. The summed E-state index contributed by atoms with van der Waals surface area (Å²) in [5.41, 5.74) is 0.918. The molecule has 2 aromatic heterocycles. The summed E-state index contributed by atoms with van der Waals surface area (Å²) in [6.45, 7) is 6.93. The second kappa shape index (κ2) is 5.52. The van der Waals surface area contributed by atoms with E-state index >= 15 is 0 Å². The Morgan fingerprint density at radius 2 is 2.10 bits per heavy atom. The summed E-state index contributed by atoms with van der Waals surface area (Å²) in [6.07, 6.45) is 6.00. The summed E-state index contributed by atoms with van der Waals surface area (Å²) in [4.78, 5) is 0. The Labute approximate surface area is 120 Å². The fourth-order valence-electron chi connectivity index (χ4n) is 3.37. The predicted octanol–water partition coefficient (Wildman–Crippen LogP) is 3.20. The van der Waals surface area contributed by atoms with Crippen molar-refractivity contribution in [2.24, 2.45) is 11.8 Å². The van der Waals surface area contributed by atoms with Gasteiger partial charge in [0, 0.05) is 12.2 Å². The molecule has 2 aromatic rings. The average Bonchev–Trinajstić information content (AvgIpc) is 2.88. The van der Waals surface area contributed by atoms with Gasteiger partial charge in [0.15, 0.2) is 11.5 Å². The number of hydrogen-bond acceptors (Lipinski definition) is 3. The lowest BCUT2D eigenvalue weighted by Crippen LogP contribution is -2.42. The van der Waals surface area contributed by atoms with E-state index in [2.05, 4.69) is 40.7 Å². The number of nitrogens with zero attached hydrogens (tertiary/aromatic N) is 3. The molecule has 1 aliphatic rings. The first kappa shape index (κ1) is 13.6. The van der Waals surface area contributed by atoms with Crippen LogP contribution in [0.3, 0.4) is 0 Å². The van der Waals surface area contributed by atoms with Gasteiger partial charge >= 0.3 is 0 Å². The monoisotopic (exact) mass is 272 g/mol. The number of rotatable bonds is 3. The average molecular weight is 272 g/mol. The number of pyridine rings is 1. The Bertz CT molecular complexity index is 577. The summed E-state index contributed by atoms with van der Waals surface area (Å²) in [5.74, 6) is 2.54. The van der Waals surface area contributed by atoms with Crippen molar-refractivity contribution in [1.82, 2.24) is 19.9 Å². The summed E-state index contributed by atoms with van der Waals surface area (Å²) >= 11 is 0. The molecule has 3 rings (SSSR count). The number of hydrogen-bond donors (Lipinski definition) is 1. The van der Waals surface area contributed by atoms with Gasteiger partial charge in [-0.05, 0) is 37.3 Å². The van der Waals surface area contributed by atoms with Crippen molar-refractivity contribution in [3.8, 4) is 0 Å². The van der Waals surface area contributed by atoms with Gasteiger partial charge < -0.3 is 5.32 Å².